The molecule has 0 atom stereocenters. The Balaban J connectivity index is 1.95. The van der Waals surface area contributed by atoms with Crippen LogP contribution in [0.4, 0.5) is 0 Å². The van der Waals surface area contributed by atoms with E-state index in [2.05, 4.69) is 10.3 Å². The number of hydrogen-bond donors (Lipinski definition) is 2. The number of nitrogens with zero attached hydrogens (tertiary/aromatic N) is 1. The minimum Gasteiger partial charge on any atom is -0.480 e. The molecule has 0 aromatic carbocycles. The molecule has 1 aromatic rings. The molecule has 0 spiro atoms. The van der Waals surface area contributed by atoms with E-state index in [0.29, 0.717) is 6.54 Å². The lowest BCUT2D eigenvalue weighted by atomic mass is 9.76. The van der Waals surface area contributed by atoms with Gasteiger partial charge in [-0.3, -0.25) is 15.1 Å². The quantitative estimate of drug-likeness (QED) is 0.776. The van der Waals surface area contributed by atoms with Crippen LogP contribution < -0.4 is 5.32 Å². The Hall–Kier alpha value is -1.42. The highest BCUT2D eigenvalue weighted by Crippen LogP contribution is 2.32. The van der Waals surface area contributed by atoms with Gasteiger partial charge in [0.25, 0.3) is 0 Å². The molecule has 4 nitrogen and oxygen atoms in total. The maximum absolute atomic E-state index is 11.0. The fourth-order valence-electron chi connectivity index (χ4n) is 1.77. The number of aliphatic carboxylic acids is 1. The summed E-state index contributed by atoms with van der Waals surface area (Å²) < 4.78 is 0. The lowest BCUT2D eigenvalue weighted by Crippen LogP contribution is -2.56. The first kappa shape index (κ1) is 10.1. The predicted octanol–water partition coefficient (Wildman–Crippen LogP) is 1.18. The van der Waals surface area contributed by atoms with Crippen LogP contribution in [0.2, 0.25) is 0 Å². The van der Waals surface area contributed by atoms with E-state index >= 15 is 0 Å². The summed E-state index contributed by atoms with van der Waals surface area (Å²) in [6.45, 7) is 0.570. The molecule has 1 saturated carbocycles. The smallest absolute Gasteiger partial charge is 0.323 e. The largest absolute Gasteiger partial charge is 0.480 e. The van der Waals surface area contributed by atoms with Gasteiger partial charge in [-0.1, -0.05) is 6.07 Å². The predicted molar refractivity (Wildman–Crippen MR) is 55.3 cm³/mol. The van der Waals surface area contributed by atoms with Gasteiger partial charge in [-0.25, -0.2) is 0 Å². The highest BCUT2D eigenvalue weighted by Gasteiger charge is 2.43. The molecule has 4 heteroatoms. The van der Waals surface area contributed by atoms with Crippen molar-refractivity contribution in [1.82, 2.24) is 10.3 Å². The fourth-order valence-corrected chi connectivity index (χ4v) is 1.77. The molecule has 0 radical (unpaired) electrons. The zero-order chi connectivity index (χ0) is 10.7. The van der Waals surface area contributed by atoms with Crippen LogP contribution in [0.1, 0.15) is 24.8 Å². The molecule has 2 N–H and O–H groups in total. The van der Waals surface area contributed by atoms with Gasteiger partial charge in [0.15, 0.2) is 0 Å². The van der Waals surface area contributed by atoms with E-state index in [9.17, 15) is 4.79 Å². The number of carboxylic acid groups (broad SMARTS) is 1. The minimum absolute atomic E-state index is 0.570. The summed E-state index contributed by atoms with van der Waals surface area (Å²) in [6.07, 6.45) is 5.90. The van der Waals surface area contributed by atoms with Crippen LogP contribution in [0.25, 0.3) is 0 Å². The summed E-state index contributed by atoms with van der Waals surface area (Å²) in [5.41, 5.74) is 0.334. The monoisotopic (exact) mass is 206 g/mol. The minimum atomic E-state index is -0.738. The Morgan fingerprint density at radius 2 is 2.40 bits per heavy atom. The molecule has 1 aliphatic rings. The molecular weight excluding hydrogens is 192 g/mol. The van der Waals surface area contributed by atoms with Gasteiger partial charge in [0.2, 0.25) is 0 Å². The molecule has 0 bridgehead atoms. The Kier molecular flexibility index (Phi) is 2.68. The van der Waals surface area contributed by atoms with Crippen LogP contribution in [0.3, 0.4) is 0 Å². The van der Waals surface area contributed by atoms with E-state index in [1.807, 2.05) is 12.1 Å². The van der Waals surface area contributed by atoms with Gasteiger partial charge in [0.1, 0.15) is 5.54 Å². The van der Waals surface area contributed by atoms with Crippen molar-refractivity contribution in [2.24, 2.45) is 0 Å². The lowest BCUT2D eigenvalue weighted by Gasteiger charge is -2.38. The second-order valence-electron chi connectivity index (χ2n) is 3.96. The molecule has 1 aliphatic carbocycles. The van der Waals surface area contributed by atoms with Gasteiger partial charge in [-0.15, -0.1) is 0 Å². The molecule has 1 fully saturated rings. The number of nitrogens with one attached hydrogen (secondary N) is 1. The summed E-state index contributed by atoms with van der Waals surface area (Å²) in [5.74, 6) is -0.738. The Labute approximate surface area is 88.3 Å². The summed E-state index contributed by atoms with van der Waals surface area (Å²) in [7, 11) is 0. The zero-order valence-electron chi connectivity index (χ0n) is 8.44. The number of carbonyl (C=O) groups is 1. The molecular formula is C11H14N2O2. The lowest BCUT2D eigenvalue weighted by molar-refractivity contribution is -0.148. The van der Waals surface area contributed by atoms with Gasteiger partial charge >= 0.3 is 5.97 Å². The van der Waals surface area contributed by atoms with Crippen LogP contribution in [-0.2, 0) is 11.3 Å². The highest BCUT2D eigenvalue weighted by atomic mass is 16.4. The van der Waals surface area contributed by atoms with E-state index in [1.54, 1.807) is 12.4 Å². The normalized spacial score (nSPS) is 18.1. The Bertz CT molecular complexity index is 347. The number of hydrogen-bond acceptors (Lipinski definition) is 3. The van der Waals surface area contributed by atoms with Crippen LogP contribution in [-0.4, -0.2) is 21.6 Å². The third kappa shape index (κ3) is 1.99. The second kappa shape index (κ2) is 3.98. The van der Waals surface area contributed by atoms with Crippen molar-refractivity contribution >= 4 is 5.97 Å². The molecule has 0 saturated heterocycles. The summed E-state index contributed by atoms with van der Waals surface area (Å²) in [6, 6.07) is 3.79. The SMILES string of the molecule is O=C(O)C1(NCc2cccnc2)CCC1. The van der Waals surface area contributed by atoms with Gasteiger partial charge < -0.3 is 5.11 Å². The number of aromatic nitrogens is 1. The van der Waals surface area contributed by atoms with Crippen LogP contribution >= 0.6 is 0 Å². The van der Waals surface area contributed by atoms with E-state index in [0.717, 1.165) is 24.8 Å². The van der Waals surface area contributed by atoms with Gasteiger partial charge in [-0.2, -0.15) is 0 Å². The van der Waals surface area contributed by atoms with Gasteiger partial charge in [-0.05, 0) is 30.9 Å². The summed E-state index contributed by atoms with van der Waals surface area (Å²) in [4.78, 5) is 15.0. The van der Waals surface area contributed by atoms with Gasteiger partial charge in [0, 0.05) is 18.9 Å². The summed E-state index contributed by atoms with van der Waals surface area (Å²) >= 11 is 0. The van der Waals surface area contributed by atoms with Crippen LogP contribution in [0.5, 0.6) is 0 Å². The van der Waals surface area contributed by atoms with Crippen molar-refractivity contribution in [1.29, 1.82) is 0 Å². The second-order valence-corrected chi connectivity index (χ2v) is 3.96. The van der Waals surface area contributed by atoms with Crippen molar-refractivity contribution in [2.45, 2.75) is 31.3 Å². The molecule has 1 heterocycles. The molecule has 2 rings (SSSR count). The Morgan fingerprint density at radius 3 is 2.87 bits per heavy atom. The first-order valence-corrected chi connectivity index (χ1v) is 5.10. The number of rotatable bonds is 4. The topological polar surface area (TPSA) is 62.2 Å². The Morgan fingerprint density at radius 1 is 1.60 bits per heavy atom. The molecule has 1 aromatic heterocycles. The third-order valence-electron chi connectivity index (χ3n) is 2.97. The first-order valence-electron chi connectivity index (χ1n) is 5.10. The van der Waals surface area contributed by atoms with E-state index < -0.39 is 11.5 Å². The van der Waals surface area contributed by atoms with Gasteiger partial charge in [0.05, 0.1) is 0 Å². The summed E-state index contributed by atoms with van der Waals surface area (Å²) in [5, 5.41) is 12.2. The average molecular weight is 206 g/mol. The number of carboxylic acids is 1. The third-order valence-corrected chi connectivity index (χ3v) is 2.97. The van der Waals surface area contributed by atoms with Crippen molar-refractivity contribution < 1.29 is 9.90 Å². The van der Waals surface area contributed by atoms with Crippen molar-refractivity contribution in [3.05, 3.63) is 30.1 Å². The fraction of sp³-hybridized carbons (Fsp3) is 0.455. The molecule has 0 aliphatic heterocycles. The molecule has 80 valence electrons. The molecule has 0 unspecified atom stereocenters. The van der Waals surface area contributed by atoms with E-state index in [1.165, 1.54) is 0 Å². The van der Waals surface area contributed by atoms with Crippen LogP contribution in [0, 0.1) is 0 Å². The molecule has 0 amide bonds. The standard InChI is InChI=1S/C11H14N2O2/c14-10(15)11(4-2-5-11)13-8-9-3-1-6-12-7-9/h1,3,6-7,13H,2,4-5,8H2,(H,14,15). The van der Waals surface area contributed by atoms with Crippen molar-refractivity contribution in [3.8, 4) is 0 Å². The van der Waals surface area contributed by atoms with E-state index in [-0.39, 0.29) is 0 Å². The molecule has 15 heavy (non-hydrogen) atoms. The highest BCUT2D eigenvalue weighted by molar-refractivity contribution is 5.79. The first-order chi connectivity index (χ1) is 7.23. The van der Waals surface area contributed by atoms with E-state index in [4.69, 9.17) is 5.11 Å². The number of pyridine rings is 1. The van der Waals surface area contributed by atoms with Crippen molar-refractivity contribution in [2.75, 3.05) is 0 Å². The van der Waals surface area contributed by atoms with Crippen molar-refractivity contribution in [3.63, 3.8) is 0 Å². The van der Waals surface area contributed by atoms with Crippen LogP contribution in [0.15, 0.2) is 24.5 Å². The maximum atomic E-state index is 11.0. The zero-order valence-corrected chi connectivity index (χ0v) is 8.44. The maximum Gasteiger partial charge on any atom is 0.323 e. The average Bonchev–Trinajstić information content (AvgIpc) is 2.17.